The van der Waals surface area contributed by atoms with Gasteiger partial charge in [-0.15, -0.1) is 0 Å². The van der Waals surface area contributed by atoms with Gasteiger partial charge in [-0.3, -0.25) is 0 Å². The summed E-state index contributed by atoms with van der Waals surface area (Å²) >= 11 is 3.43. The van der Waals surface area contributed by atoms with Crippen molar-refractivity contribution in [3.05, 3.63) is 28.2 Å². The van der Waals surface area contributed by atoms with Crippen molar-refractivity contribution in [2.45, 2.75) is 39.5 Å². The Balaban J connectivity index is 2.56. The monoisotopic (exact) mass is 308 g/mol. The Labute approximate surface area is 119 Å². The van der Waals surface area contributed by atoms with Gasteiger partial charge in [-0.25, -0.2) is 0 Å². The summed E-state index contributed by atoms with van der Waals surface area (Å²) in [6.45, 7) is 5.45. The second kappa shape index (κ2) is 8.16. The molecule has 3 heteroatoms. The van der Waals surface area contributed by atoms with Crippen LogP contribution in [-0.4, -0.2) is 6.54 Å². The first kappa shape index (κ1) is 15.0. The molecule has 1 rings (SSSR count). The van der Waals surface area contributed by atoms with E-state index >= 15 is 0 Å². The Morgan fingerprint density at radius 2 is 2.11 bits per heavy atom. The molecule has 0 aliphatic rings. The normalized spacial score (nSPS) is 11.9. The van der Waals surface area contributed by atoms with Gasteiger partial charge >= 0.3 is 0 Å². The minimum absolute atomic E-state index is 0.688. The highest BCUT2D eigenvalue weighted by atomic mass is 79.9. The van der Waals surface area contributed by atoms with Crippen molar-refractivity contribution >= 4 is 21.6 Å². The van der Waals surface area contributed by atoms with E-state index in [1.165, 1.54) is 25.7 Å². The summed E-state index contributed by atoms with van der Waals surface area (Å²) in [5.41, 5.74) is 1.71. The molecule has 1 aromatic rings. The van der Waals surface area contributed by atoms with E-state index in [1.807, 2.05) is 18.2 Å². The molecule has 1 aromatic carbocycles. The first-order valence-corrected chi connectivity index (χ1v) is 7.43. The molecule has 1 N–H and O–H groups in total. The molecule has 2 nitrogen and oxygen atoms in total. The van der Waals surface area contributed by atoms with E-state index in [9.17, 15) is 0 Å². The van der Waals surface area contributed by atoms with E-state index in [1.54, 1.807) is 0 Å². The van der Waals surface area contributed by atoms with Gasteiger partial charge in [-0.05, 0) is 30.5 Å². The van der Waals surface area contributed by atoms with Crippen LogP contribution < -0.4 is 5.32 Å². The number of nitriles is 1. The fourth-order valence-electron chi connectivity index (χ4n) is 1.96. The van der Waals surface area contributed by atoms with Gasteiger partial charge in [0.2, 0.25) is 0 Å². The van der Waals surface area contributed by atoms with Crippen molar-refractivity contribution in [2.24, 2.45) is 5.92 Å². The van der Waals surface area contributed by atoms with Gasteiger partial charge in [0.1, 0.15) is 0 Å². The lowest BCUT2D eigenvalue weighted by Gasteiger charge is -2.16. The molecular formula is C15H21BrN2. The van der Waals surface area contributed by atoms with Crippen molar-refractivity contribution in [1.29, 1.82) is 5.26 Å². The zero-order valence-corrected chi connectivity index (χ0v) is 12.8. The minimum Gasteiger partial charge on any atom is -0.385 e. The summed E-state index contributed by atoms with van der Waals surface area (Å²) < 4.78 is 0.950. The molecule has 0 fully saturated rings. The molecule has 0 radical (unpaired) electrons. The van der Waals surface area contributed by atoms with Crippen LogP contribution in [0, 0.1) is 17.2 Å². The molecule has 0 aromatic heterocycles. The Morgan fingerprint density at radius 1 is 1.33 bits per heavy atom. The van der Waals surface area contributed by atoms with Crippen molar-refractivity contribution in [3.8, 4) is 6.07 Å². The number of nitrogens with zero attached hydrogens (tertiary/aromatic N) is 1. The maximum absolute atomic E-state index is 8.93. The smallest absolute Gasteiger partial charge is 0.0992 e. The number of benzene rings is 1. The summed E-state index contributed by atoms with van der Waals surface area (Å²) in [6.07, 6.45) is 5.03. The molecule has 18 heavy (non-hydrogen) atoms. The maximum atomic E-state index is 8.93. The van der Waals surface area contributed by atoms with Crippen LogP contribution in [0.2, 0.25) is 0 Å². The molecule has 98 valence electrons. The molecular weight excluding hydrogens is 288 g/mol. The SMILES string of the molecule is CCCCC(CC)CNc1cc(Br)cc(C#N)c1. The van der Waals surface area contributed by atoms with Crippen LogP contribution in [-0.2, 0) is 0 Å². The predicted octanol–water partition coefficient (Wildman–Crippen LogP) is 4.95. The lowest BCUT2D eigenvalue weighted by molar-refractivity contribution is 0.473. The standard InChI is InChI=1S/C15H21BrN2/c1-3-5-6-12(4-2)11-18-15-8-13(10-17)7-14(16)9-15/h7-9,12,18H,3-6,11H2,1-2H3. The molecule has 0 aliphatic heterocycles. The summed E-state index contributed by atoms with van der Waals surface area (Å²) in [5, 5.41) is 12.4. The highest BCUT2D eigenvalue weighted by molar-refractivity contribution is 9.10. The number of nitrogens with one attached hydrogen (secondary N) is 1. The molecule has 0 amide bonds. The number of unbranched alkanes of at least 4 members (excludes halogenated alkanes) is 1. The molecule has 1 atom stereocenters. The van der Waals surface area contributed by atoms with Gasteiger partial charge in [0, 0.05) is 16.7 Å². The molecule has 1 unspecified atom stereocenters. The number of anilines is 1. The average molecular weight is 309 g/mol. The zero-order chi connectivity index (χ0) is 13.4. The van der Waals surface area contributed by atoms with Crippen molar-refractivity contribution < 1.29 is 0 Å². The Hall–Kier alpha value is -1.01. The molecule has 0 heterocycles. The first-order chi connectivity index (χ1) is 8.69. The van der Waals surface area contributed by atoms with Crippen LogP contribution in [0.1, 0.15) is 45.1 Å². The van der Waals surface area contributed by atoms with Gasteiger partial charge in [0.25, 0.3) is 0 Å². The highest BCUT2D eigenvalue weighted by Gasteiger charge is 2.06. The number of hydrogen-bond acceptors (Lipinski definition) is 2. The van der Waals surface area contributed by atoms with Gasteiger partial charge in [-0.1, -0.05) is 49.0 Å². The van der Waals surface area contributed by atoms with E-state index in [-0.39, 0.29) is 0 Å². The van der Waals surface area contributed by atoms with E-state index in [0.717, 1.165) is 22.6 Å². The highest BCUT2D eigenvalue weighted by Crippen LogP contribution is 2.20. The Bertz CT molecular complexity index is 409. The van der Waals surface area contributed by atoms with Gasteiger partial charge in [0.15, 0.2) is 0 Å². The first-order valence-electron chi connectivity index (χ1n) is 6.64. The lowest BCUT2D eigenvalue weighted by Crippen LogP contribution is -2.13. The van der Waals surface area contributed by atoms with Gasteiger partial charge in [0.05, 0.1) is 11.6 Å². The molecule has 0 saturated carbocycles. The molecule has 0 aliphatic carbocycles. The molecule has 0 bridgehead atoms. The number of hydrogen-bond donors (Lipinski definition) is 1. The van der Waals surface area contributed by atoms with Crippen LogP contribution in [0.3, 0.4) is 0 Å². The molecule has 0 saturated heterocycles. The van der Waals surface area contributed by atoms with Crippen LogP contribution >= 0.6 is 15.9 Å². The Morgan fingerprint density at radius 3 is 2.72 bits per heavy atom. The average Bonchev–Trinajstić information content (AvgIpc) is 2.38. The third-order valence-corrected chi connectivity index (χ3v) is 3.62. The van der Waals surface area contributed by atoms with E-state index in [2.05, 4.69) is 41.2 Å². The predicted molar refractivity (Wildman–Crippen MR) is 80.7 cm³/mol. The van der Waals surface area contributed by atoms with Crippen LogP contribution in [0.4, 0.5) is 5.69 Å². The van der Waals surface area contributed by atoms with Crippen molar-refractivity contribution in [3.63, 3.8) is 0 Å². The minimum atomic E-state index is 0.688. The summed E-state index contributed by atoms with van der Waals surface area (Å²) in [7, 11) is 0. The summed E-state index contributed by atoms with van der Waals surface area (Å²) in [4.78, 5) is 0. The Kier molecular flexibility index (Phi) is 6.82. The van der Waals surface area contributed by atoms with E-state index in [0.29, 0.717) is 5.56 Å². The summed E-state index contributed by atoms with van der Waals surface area (Å²) in [5.74, 6) is 0.717. The van der Waals surface area contributed by atoms with Gasteiger partial charge in [-0.2, -0.15) is 5.26 Å². The van der Waals surface area contributed by atoms with Crippen molar-refractivity contribution in [1.82, 2.24) is 0 Å². The largest absolute Gasteiger partial charge is 0.385 e. The van der Waals surface area contributed by atoms with E-state index in [4.69, 9.17) is 5.26 Å². The fraction of sp³-hybridized carbons (Fsp3) is 0.533. The van der Waals surface area contributed by atoms with Crippen LogP contribution in [0.5, 0.6) is 0 Å². The quantitative estimate of drug-likeness (QED) is 0.773. The maximum Gasteiger partial charge on any atom is 0.0992 e. The fourth-order valence-corrected chi connectivity index (χ4v) is 2.46. The number of rotatable bonds is 7. The zero-order valence-electron chi connectivity index (χ0n) is 11.2. The second-order valence-corrected chi connectivity index (χ2v) is 5.55. The van der Waals surface area contributed by atoms with Crippen LogP contribution in [0.25, 0.3) is 0 Å². The molecule has 0 spiro atoms. The van der Waals surface area contributed by atoms with E-state index < -0.39 is 0 Å². The van der Waals surface area contributed by atoms with Crippen LogP contribution in [0.15, 0.2) is 22.7 Å². The topological polar surface area (TPSA) is 35.8 Å². The third kappa shape index (κ3) is 5.10. The lowest BCUT2D eigenvalue weighted by atomic mass is 9.99. The van der Waals surface area contributed by atoms with Crippen molar-refractivity contribution in [2.75, 3.05) is 11.9 Å². The summed E-state index contributed by atoms with van der Waals surface area (Å²) in [6, 6.07) is 7.93. The number of halogens is 1. The third-order valence-electron chi connectivity index (χ3n) is 3.17. The second-order valence-electron chi connectivity index (χ2n) is 4.64. The van der Waals surface area contributed by atoms with Gasteiger partial charge < -0.3 is 5.32 Å².